The number of hydrogen-bond acceptors (Lipinski definition) is 2. The fraction of sp³-hybridized carbons (Fsp3) is 0.900. The molecule has 13 heavy (non-hydrogen) atoms. The van der Waals surface area contributed by atoms with Gasteiger partial charge in [0.05, 0.1) is 12.6 Å². The Hall–Kier alpha value is -0.570. The van der Waals surface area contributed by atoms with E-state index in [-0.39, 0.29) is 17.9 Å². The van der Waals surface area contributed by atoms with Gasteiger partial charge in [-0.3, -0.25) is 4.79 Å². The van der Waals surface area contributed by atoms with Crippen LogP contribution < -0.4 is 5.32 Å². The van der Waals surface area contributed by atoms with E-state index >= 15 is 0 Å². The fourth-order valence-corrected chi connectivity index (χ4v) is 0.930. The molecule has 0 unspecified atom stereocenters. The molecule has 0 radical (unpaired) electrons. The molecule has 0 saturated heterocycles. The van der Waals surface area contributed by atoms with Crippen LogP contribution in [0.4, 0.5) is 0 Å². The second kappa shape index (κ2) is 5.97. The zero-order valence-electron chi connectivity index (χ0n) is 9.26. The minimum Gasteiger partial charge on any atom is -0.383 e. The predicted molar refractivity (Wildman–Crippen MR) is 53.5 cm³/mol. The summed E-state index contributed by atoms with van der Waals surface area (Å²) in [5.74, 6) is 0.538. The molecule has 3 heteroatoms. The lowest BCUT2D eigenvalue weighted by atomic mass is 10.0. The highest BCUT2D eigenvalue weighted by molar-refractivity contribution is 5.78. The average molecular weight is 187 g/mol. The minimum absolute atomic E-state index is 0.0399. The van der Waals surface area contributed by atoms with Crippen molar-refractivity contribution >= 4 is 5.91 Å². The Balaban J connectivity index is 4.02. The number of hydrogen-bond donors (Lipinski definition) is 1. The molecule has 0 aliphatic rings. The van der Waals surface area contributed by atoms with E-state index < -0.39 is 0 Å². The van der Waals surface area contributed by atoms with E-state index in [2.05, 4.69) is 19.2 Å². The number of nitrogens with one attached hydrogen (secondary N) is 1. The Kier molecular flexibility index (Phi) is 5.71. The largest absolute Gasteiger partial charge is 0.383 e. The van der Waals surface area contributed by atoms with Crippen molar-refractivity contribution in [2.24, 2.45) is 11.8 Å². The van der Waals surface area contributed by atoms with E-state index in [1.54, 1.807) is 7.11 Å². The number of methoxy groups -OCH3 is 1. The molecule has 0 aromatic carbocycles. The predicted octanol–water partition coefficient (Wildman–Crippen LogP) is 1.43. The van der Waals surface area contributed by atoms with E-state index in [0.29, 0.717) is 12.5 Å². The molecular formula is C10H21NO2. The van der Waals surface area contributed by atoms with Crippen LogP contribution in [0.25, 0.3) is 0 Å². The smallest absolute Gasteiger partial charge is 0.222 e. The molecule has 0 aliphatic carbocycles. The molecule has 1 amide bonds. The van der Waals surface area contributed by atoms with Crippen LogP contribution in [0.5, 0.6) is 0 Å². The topological polar surface area (TPSA) is 38.3 Å². The molecular weight excluding hydrogens is 166 g/mol. The average Bonchev–Trinajstić information content (AvgIpc) is 2.03. The van der Waals surface area contributed by atoms with Crippen LogP contribution in [0.15, 0.2) is 0 Å². The molecule has 0 aromatic heterocycles. The van der Waals surface area contributed by atoms with Crippen LogP contribution in [0.1, 0.15) is 27.7 Å². The lowest BCUT2D eigenvalue weighted by Crippen LogP contribution is -2.43. The van der Waals surface area contributed by atoms with Gasteiger partial charge in [-0.15, -0.1) is 0 Å². The highest BCUT2D eigenvalue weighted by Crippen LogP contribution is 2.03. The van der Waals surface area contributed by atoms with Crippen LogP contribution in [-0.2, 0) is 9.53 Å². The van der Waals surface area contributed by atoms with Crippen molar-refractivity contribution in [2.45, 2.75) is 33.7 Å². The van der Waals surface area contributed by atoms with Crippen LogP contribution in [0.3, 0.4) is 0 Å². The summed E-state index contributed by atoms with van der Waals surface area (Å²) in [6.07, 6.45) is 0. The zero-order valence-corrected chi connectivity index (χ0v) is 9.26. The van der Waals surface area contributed by atoms with Gasteiger partial charge in [0.2, 0.25) is 5.91 Å². The van der Waals surface area contributed by atoms with Gasteiger partial charge in [-0.05, 0) is 5.92 Å². The van der Waals surface area contributed by atoms with Crippen molar-refractivity contribution in [2.75, 3.05) is 13.7 Å². The summed E-state index contributed by atoms with van der Waals surface area (Å²) in [7, 11) is 1.65. The third-order valence-electron chi connectivity index (χ3n) is 2.00. The minimum atomic E-state index is 0.0399. The normalized spacial score (nSPS) is 13.5. The first-order chi connectivity index (χ1) is 5.99. The van der Waals surface area contributed by atoms with Gasteiger partial charge in [0.15, 0.2) is 0 Å². The van der Waals surface area contributed by atoms with Crippen LogP contribution >= 0.6 is 0 Å². The van der Waals surface area contributed by atoms with Crippen LogP contribution in [0.2, 0.25) is 0 Å². The molecule has 0 saturated carbocycles. The van der Waals surface area contributed by atoms with E-state index in [1.165, 1.54) is 0 Å². The molecule has 0 fully saturated rings. The summed E-state index contributed by atoms with van der Waals surface area (Å²) in [5, 5.41) is 2.95. The lowest BCUT2D eigenvalue weighted by Gasteiger charge is -2.22. The summed E-state index contributed by atoms with van der Waals surface area (Å²) in [5.41, 5.74) is 0. The molecule has 1 N–H and O–H groups in total. The summed E-state index contributed by atoms with van der Waals surface area (Å²) in [6, 6.07) is 0.125. The number of carbonyl (C=O) groups excluding carboxylic acids is 1. The van der Waals surface area contributed by atoms with Crippen molar-refractivity contribution in [1.82, 2.24) is 5.32 Å². The highest BCUT2D eigenvalue weighted by Gasteiger charge is 2.17. The van der Waals surface area contributed by atoms with Gasteiger partial charge in [0.25, 0.3) is 0 Å². The summed E-state index contributed by atoms with van der Waals surface area (Å²) >= 11 is 0. The number of carbonyl (C=O) groups is 1. The standard InChI is InChI=1S/C10H21NO2/c1-7(2)9(6-13-5)11-10(12)8(3)4/h7-9H,6H2,1-5H3,(H,11,12)/t9-/m0/s1. The van der Waals surface area contributed by atoms with Gasteiger partial charge in [-0.1, -0.05) is 27.7 Å². The van der Waals surface area contributed by atoms with Gasteiger partial charge in [0.1, 0.15) is 0 Å². The second-order valence-corrected chi connectivity index (χ2v) is 3.97. The Morgan fingerprint density at radius 2 is 1.85 bits per heavy atom. The maximum atomic E-state index is 11.4. The first-order valence-electron chi connectivity index (χ1n) is 4.78. The van der Waals surface area contributed by atoms with E-state index in [0.717, 1.165) is 0 Å². The zero-order chi connectivity index (χ0) is 10.4. The number of ether oxygens (including phenoxy) is 1. The van der Waals surface area contributed by atoms with Crippen molar-refractivity contribution in [3.8, 4) is 0 Å². The third kappa shape index (κ3) is 4.88. The van der Waals surface area contributed by atoms with Crippen LogP contribution in [-0.4, -0.2) is 25.7 Å². The highest BCUT2D eigenvalue weighted by atomic mass is 16.5. The number of amides is 1. The van der Waals surface area contributed by atoms with Gasteiger partial charge in [-0.25, -0.2) is 0 Å². The Morgan fingerprint density at radius 1 is 1.31 bits per heavy atom. The van der Waals surface area contributed by atoms with Gasteiger partial charge >= 0.3 is 0 Å². The van der Waals surface area contributed by atoms with Crippen molar-refractivity contribution in [1.29, 1.82) is 0 Å². The molecule has 0 spiro atoms. The Labute approximate surface area is 80.8 Å². The quantitative estimate of drug-likeness (QED) is 0.707. The molecule has 0 bridgehead atoms. The molecule has 0 heterocycles. The van der Waals surface area contributed by atoms with Crippen LogP contribution in [0, 0.1) is 11.8 Å². The molecule has 3 nitrogen and oxygen atoms in total. The molecule has 0 aromatic rings. The first kappa shape index (κ1) is 12.4. The molecule has 1 atom stereocenters. The van der Waals surface area contributed by atoms with Crippen molar-refractivity contribution < 1.29 is 9.53 Å². The number of rotatable bonds is 5. The van der Waals surface area contributed by atoms with E-state index in [4.69, 9.17) is 4.74 Å². The maximum Gasteiger partial charge on any atom is 0.222 e. The molecule has 78 valence electrons. The lowest BCUT2D eigenvalue weighted by molar-refractivity contribution is -0.125. The molecule has 0 rings (SSSR count). The fourth-order valence-electron chi connectivity index (χ4n) is 0.930. The Bertz CT molecular complexity index is 155. The van der Waals surface area contributed by atoms with E-state index in [1.807, 2.05) is 13.8 Å². The van der Waals surface area contributed by atoms with Crippen molar-refractivity contribution in [3.63, 3.8) is 0 Å². The Morgan fingerprint density at radius 3 is 2.15 bits per heavy atom. The SMILES string of the molecule is COC[C@H](NC(=O)C(C)C)C(C)C. The summed E-state index contributed by atoms with van der Waals surface area (Å²) in [6.45, 7) is 8.50. The monoisotopic (exact) mass is 187 g/mol. The van der Waals surface area contributed by atoms with Gasteiger partial charge in [-0.2, -0.15) is 0 Å². The van der Waals surface area contributed by atoms with E-state index in [9.17, 15) is 4.79 Å². The third-order valence-corrected chi connectivity index (χ3v) is 2.00. The maximum absolute atomic E-state index is 11.4. The first-order valence-corrected chi connectivity index (χ1v) is 4.78. The second-order valence-electron chi connectivity index (χ2n) is 3.97. The summed E-state index contributed by atoms with van der Waals surface area (Å²) in [4.78, 5) is 11.4. The van der Waals surface area contributed by atoms with Gasteiger partial charge < -0.3 is 10.1 Å². The molecule has 0 aliphatic heterocycles. The summed E-state index contributed by atoms with van der Waals surface area (Å²) < 4.78 is 5.03. The van der Waals surface area contributed by atoms with Crippen molar-refractivity contribution in [3.05, 3.63) is 0 Å². The van der Waals surface area contributed by atoms with Gasteiger partial charge in [0, 0.05) is 13.0 Å².